The zero-order valence-corrected chi connectivity index (χ0v) is 10.9. The standard InChI is InChI=1S/C14H17NO4/c1-10(16)13(14(18)19-2)15-12(17)9-8-11-6-4-3-5-7-11/h3-10,13,16H,1-2H3,(H,15,17)/t10-,13+/m1/s1. The SMILES string of the molecule is COC(=O)[C@@H](NC(=O)C=Cc1ccccc1)[C@@H](C)O. The van der Waals surface area contributed by atoms with E-state index in [4.69, 9.17) is 0 Å². The molecule has 0 aromatic heterocycles. The minimum atomic E-state index is -1.07. The largest absolute Gasteiger partial charge is 0.467 e. The summed E-state index contributed by atoms with van der Waals surface area (Å²) in [6.07, 6.45) is 1.89. The van der Waals surface area contributed by atoms with Gasteiger partial charge in [0.05, 0.1) is 13.2 Å². The van der Waals surface area contributed by atoms with Gasteiger partial charge < -0.3 is 15.2 Å². The molecule has 102 valence electrons. The Hall–Kier alpha value is -2.14. The fourth-order valence-electron chi connectivity index (χ4n) is 1.44. The molecule has 0 spiro atoms. The van der Waals surface area contributed by atoms with E-state index in [9.17, 15) is 14.7 Å². The van der Waals surface area contributed by atoms with E-state index in [0.29, 0.717) is 0 Å². The highest BCUT2D eigenvalue weighted by Crippen LogP contribution is 2.01. The summed E-state index contributed by atoms with van der Waals surface area (Å²) in [4.78, 5) is 23.0. The van der Waals surface area contributed by atoms with Crippen LogP contribution < -0.4 is 5.32 Å². The van der Waals surface area contributed by atoms with Gasteiger partial charge in [-0.1, -0.05) is 30.3 Å². The predicted molar refractivity (Wildman–Crippen MR) is 71.1 cm³/mol. The van der Waals surface area contributed by atoms with Crippen LogP contribution in [0.1, 0.15) is 12.5 Å². The molecule has 0 saturated heterocycles. The van der Waals surface area contributed by atoms with Gasteiger partial charge in [0.25, 0.3) is 0 Å². The first-order valence-corrected chi connectivity index (χ1v) is 5.84. The summed E-state index contributed by atoms with van der Waals surface area (Å²) < 4.78 is 4.50. The van der Waals surface area contributed by atoms with Crippen LogP contribution in [0.4, 0.5) is 0 Å². The molecule has 0 unspecified atom stereocenters. The lowest BCUT2D eigenvalue weighted by Crippen LogP contribution is -2.47. The number of hydrogen-bond acceptors (Lipinski definition) is 4. The fraction of sp³-hybridized carbons (Fsp3) is 0.286. The summed E-state index contributed by atoms with van der Waals surface area (Å²) in [5, 5.41) is 11.8. The zero-order valence-electron chi connectivity index (χ0n) is 10.9. The minimum absolute atomic E-state index is 0.472. The van der Waals surface area contributed by atoms with Crippen molar-refractivity contribution >= 4 is 18.0 Å². The zero-order chi connectivity index (χ0) is 14.3. The molecule has 0 aliphatic carbocycles. The Labute approximate surface area is 111 Å². The van der Waals surface area contributed by atoms with E-state index < -0.39 is 24.0 Å². The van der Waals surface area contributed by atoms with Gasteiger partial charge in [-0.25, -0.2) is 4.79 Å². The molecule has 1 aromatic carbocycles. The smallest absolute Gasteiger partial charge is 0.331 e. The highest BCUT2D eigenvalue weighted by Gasteiger charge is 2.25. The Kier molecular flexibility index (Phi) is 5.75. The van der Waals surface area contributed by atoms with Gasteiger partial charge in [0, 0.05) is 6.08 Å². The summed E-state index contributed by atoms with van der Waals surface area (Å²) in [5.41, 5.74) is 0.865. The average Bonchev–Trinajstić information content (AvgIpc) is 2.42. The van der Waals surface area contributed by atoms with Crippen molar-refractivity contribution in [3.8, 4) is 0 Å². The summed E-state index contributed by atoms with van der Waals surface area (Å²) >= 11 is 0. The van der Waals surface area contributed by atoms with Crippen molar-refractivity contribution in [3.63, 3.8) is 0 Å². The van der Waals surface area contributed by atoms with Crippen molar-refractivity contribution in [1.82, 2.24) is 5.32 Å². The number of esters is 1. The van der Waals surface area contributed by atoms with Gasteiger partial charge in [-0.2, -0.15) is 0 Å². The molecule has 19 heavy (non-hydrogen) atoms. The Morgan fingerprint density at radius 2 is 1.95 bits per heavy atom. The summed E-state index contributed by atoms with van der Waals surface area (Å²) in [6, 6.07) is 8.19. The first-order valence-electron chi connectivity index (χ1n) is 5.84. The van der Waals surface area contributed by atoms with Crippen LogP contribution in [-0.4, -0.2) is 36.2 Å². The van der Waals surface area contributed by atoms with Crippen molar-refractivity contribution in [2.45, 2.75) is 19.1 Å². The lowest BCUT2D eigenvalue weighted by molar-refractivity contribution is -0.147. The Balaban J connectivity index is 2.63. The molecule has 0 aliphatic rings. The second kappa shape index (κ2) is 7.33. The van der Waals surface area contributed by atoms with Crippen LogP contribution in [0.25, 0.3) is 6.08 Å². The van der Waals surface area contributed by atoms with Gasteiger partial charge in [0.1, 0.15) is 0 Å². The predicted octanol–water partition coefficient (Wildman–Crippen LogP) is 0.738. The van der Waals surface area contributed by atoms with Crippen molar-refractivity contribution in [2.24, 2.45) is 0 Å². The van der Waals surface area contributed by atoms with Gasteiger partial charge in [0.15, 0.2) is 6.04 Å². The number of aliphatic hydroxyl groups excluding tert-OH is 1. The number of nitrogens with one attached hydrogen (secondary N) is 1. The van der Waals surface area contributed by atoms with Gasteiger partial charge in [-0.05, 0) is 18.6 Å². The van der Waals surface area contributed by atoms with Gasteiger partial charge in [-0.15, -0.1) is 0 Å². The van der Waals surface area contributed by atoms with Crippen LogP contribution in [0, 0.1) is 0 Å². The first kappa shape index (κ1) is 14.9. The Morgan fingerprint density at radius 1 is 1.32 bits per heavy atom. The number of hydrogen-bond donors (Lipinski definition) is 2. The van der Waals surface area contributed by atoms with E-state index in [2.05, 4.69) is 10.1 Å². The number of carbonyl (C=O) groups is 2. The van der Waals surface area contributed by atoms with E-state index in [1.807, 2.05) is 30.3 Å². The van der Waals surface area contributed by atoms with Crippen LogP contribution in [0.15, 0.2) is 36.4 Å². The molecule has 1 rings (SSSR count). The second-order valence-corrected chi connectivity index (χ2v) is 3.99. The maximum absolute atomic E-state index is 11.6. The molecule has 5 heteroatoms. The van der Waals surface area contributed by atoms with Crippen LogP contribution in [0.2, 0.25) is 0 Å². The van der Waals surface area contributed by atoms with E-state index in [1.165, 1.54) is 20.1 Å². The molecule has 0 aliphatic heterocycles. The third kappa shape index (κ3) is 4.93. The van der Waals surface area contributed by atoms with E-state index >= 15 is 0 Å². The molecule has 1 amide bonds. The third-order valence-corrected chi connectivity index (χ3v) is 2.46. The number of rotatable bonds is 5. The minimum Gasteiger partial charge on any atom is -0.467 e. The van der Waals surface area contributed by atoms with Crippen molar-refractivity contribution in [1.29, 1.82) is 0 Å². The quantitative estimate of drug-likeness (QED) is 0.607. The number of ether oxygens (including phenoxy) is 1. The van der Waals surface area contributed by atoms with Gasteiger partial charge in [0.2, 0.25) is 5.91 Å². The molecular weight excluding hydrogens is 246 g/mol. The molecule has 0 fully saturated rings. The monoisotopic (exact) mass is 263 g/mol. The molecule has 2 atom stereocenters. The number of amides is 1. The Bertz CT molecular complexity index is 454. The number of carbonyl (C=O) groups excluding carboxylic acids is 2. The van der Waals surface area contributed by atoms with Gasteiger partial charge >= 0.3 is 5.97 Å². The highest BCUT2D eigenvalue weighted by molar-refractivity contribution is 5.94. The van der Waals surface area contributed by atoms with Gasteiger partial charge in [-0.3, -0.25) is 4.79 Å². The van der Waals surface area contributed by atoms with Crippen LogP contribution >= 0.6 is 0 Å². The normalized spacial score (nSPS) is 13.8. The fourth-order valence-corrected chi connectivity index (χ4v) is 1.44. The summed E-state index contributed by atoms with van der Waals surface area (Å²) in [6.45, 7) is 1.41. The highest BCUT2D eigenvalue weighted by atomic mass is 16.5. The maximum atomic E-state index is 11.6. The van der Waals surface area contributed by atoms with Crippen LogP contribution in [-0.2, 0) is 14.3 Å². The van der Waals surface area contributed by atoms with Crippen molar-refractivity contribution < 1.29 is 19.4 Å². The third-order valence-electron chi connectivity index (χ3n) is 2.46. The molecule has 0 bridgehead atoms. The van der Waals surface area contributed by atoms with E-state index in [-0.39, 0.29) is 0 Å². The van der Waals surface area contributed by atoms with Crippen LogP contribution in [0.3, 0.4) is 0 Å². The molecular formula is C14H17NO4. The maximum Gasteiger partial charge on any atom is 0.331 e. The average molecular weight is 263 g/mol. The lowest BCUT2D eigenvalue weighted by Gasteiger charge is -2.17. The number of methoxy groups -OCH3 is 1. The first-order chi connectivity index (χ1) is 9.04. The topological polar surface area (TPSA) is 75.6 Å². The summed E-state index contributed by atoms with van der Waals surface area (Å²) in [5.74, 6) is -1.16. The van der Waals surface area contributed by atoms with E-state index in [0.717, 1.165) is 5.56 Å². The molecule has 0 heterocycles. The molecule has 0 saturated carbocycles. The number of aliphatic hydroxyl groups is 1. The second-order valence-electron chi connectivity index (χ2n) is 3.99. The molecule has 0 radical (unpaired) electrons. The Morgan fingerprint density at radius 3 is 2.47 bits per heavy atom. The lowest BCUT2D eigenvalue weighted by atomic mass is 10.1. The van der Waals surface area contributed by atoms with E-state index in [1.54, 1.807) is 6.08 Å². The molecule has 5 nitrogen and oxygen atoms in total. The van der Waals surface area contributed by atoms with Crippen LogP contribution in [0.5, 0.6) is 0 Å². The molecule has 2 N–H and O–H groups in total. The molecule has 1 aromatic rings. The number of benzene rings is 1. The van der Waals surface area contributed by atoms with Crippen molar-refractivity contribution in [2.75, 3.05) is 7.11 Å². The summed E-state index contributed by atoms with van der Waals surface area (Å²) in [7, 11) is 1.20. The van der Waals surface area contributed by atoms with Crippen molar-refractivity contribution in [3.05, 3.63) is 42.0 Å².